The maximum Gasteiger partial charge on any atom is 0.446 e. The lowest BCUT2D eigenvalue weighted by molar-refractivity contribution is -0.0328. The van der Waals surface area contributed by atoms with E-state index >= 15 is 0 Å². The predicted molar refractivity (Wildman–Crippen MR) is 124 cm³/mol. The van der Waals surface area contributed by atoms with Gasteiger partial charge in [-0.2, -0.15) is 18.2 Å². The molecule has 0 spiro atoms. The first-order valence-electron chi connectivity index (χ1n) is 10.9. The maximum atomic E-state index is 12.5. The van der Waals surface area contributed by atoms with E-state index in [9.17, 15) is 22.5 Å². The molecule has 2 heterocycles. The van der Waals surface area contributed by atoms with Crippen molar-refractivity contribution in [2.24, 2.45) is 0 Å². The zero-order valence-electron chi connectivity index (χ0n) is 18.3. The summed E-state index contributed by atoms with van der Waals surface area (Å²) in [5, 5.41) is 13.1. The Kier molecular flexibility index (Phi) is 7.20. The number of thioether (sulfide) groups is 1. The van der Waals surface area contributed by atoms with Crippen LogP contribution in [0.5, 0.6) is 0 Å². The van der Waals surface area contributed by atoms with E-state index in [2.05, 4.69) is 20.2 Å². The van der Waals surface area contributed by atoms with Crippen LogP contribution < -0.4 is 10.2 Å². The molecule has 0 bridgehead atoms. The van der Waals surface area contributed by atoms with E-state index in [4.69, 9.17) is 0 Å². The normalized spacial score (nSPS) is 19.7. The van der Waals surface area contributed by atoms with Crippen LogP contribution in [0.15, 0.2) is 40.3 Å². The molecule has 2 fully saturated rings. The molecule has 2 aliphatic rings. The number of halogens is 3. The highest BCUT2D eigenvalue weighted by molar-refractivity contribution is 8.00. The second-order valence-corrected chi connectivity index (χ2v) is 11.1. The van der Waals surface area contributed by atoms with Gasteiger partial charge in [0, 0.05) is 24.2 Å². The monoisotopic (exact) mass is 500 g/mol. The number of nitrogens with one attached hydrogen (secondary N) is 1. The van der Waals surface area contributed by atoms with Crippen molar-refractivity contribution in [1.82, 2.24) is 9.97 Å². The maximum absolute atomic E-state index is 12.5. The van der Waals surface area contributed by atoms with Crippen molar-refractivity contribution >= 4 is 34.3 Å². The summed E-state index contributed by atoms with van der Waals surface area (Å²) < 4.78 is 49.8. The van der Waals surface area contributed by atoms with Crippen LogP contribution >= 0.6 is 11.8 Å². The highest BCUT2D eigenvalue weighted by Gasteiger charge is 2.37. The van der Waals surface area contributed by atoms with Gasteiger partial charge in [0.1, 0.15) is 5.82 Å². The lowest BCUT2D eigenvalue weighted by Crippen LogP contribution is -2.48. The fourth-order valence-corrected chi connectivity index (χ4v) is 5.46. The van der Waals surface area contributed by atoms with Gasteiger partial charge < -0.3 is 15.3 Å². The lowest BCUT2D eigenvalue weighted by atomic mass is 9.77. The molecule has 180 valence electrons. The summed E-state index contributed by atoms with van der Waals surface area (Å²) in [4.78, 5) is 11.9. The van der Waals surface area contributed by atoms with Crippen LogP contribution in [0.4, 0.5) is 24.9 Å². The Morgan fingerprint density at radius 2 is 1.91 bits per heavy atom. The fourth-order valence-electron chi connectivity index (χ4n) is 4.35. The van der Waals surface area contributed by atoms with Gasteiger partial charge in [0.25, 0.3) is 0 Å². The summed E-state index contributed by atoms with van der Waals surface area (Å²) in [5.74, 6) is 1.32. The summed E-state index contributed by atoms with van der Waals surface area (Å²) in [5.41, 5.74) is -3.66. The number of hydrogen-bond donors (Lipinski definition) is 2. The minimum Gasteiger partial charge on any atom is -0.394 e. The summed E-state index contributed by atoms with van der Waals surface area (Å²) in [6, 6.07) is 6.63. The van der Waals surface area contributed by atoms with E-state index in [0.29, 0.717) is 29.8 Å². The molecule has 2 N–H and O–H groups in total. The Morgan fingerprint density at radius 3 is 2.42 bits per heavy atom. The Morgan fingerprint density at radius 1 is 1.24 bits per heavy atom. The quantitative estimate of drug-likeness (QED) is 0.541. The molecule has 1 aliphatic carbocycles. The Labute approximate surface area is 197 Å². The molecular weight excluding hydrogens is 473 g/mol. The molecule has 6 nitrogen and oxygen atoms in total. The van der Waals surface area contributed by atoms with Crippen LogP contribution in [-0.2, 0) is 10.8 Å². The number of piperidine rings is 1. The fraction of sp³-hybridized carbons (Fsp3) is 0.545. The van der Waals surface area contributed by atoms with Gasteiger partial charge in [-0.05, 0) is 67.5 Å². The van der Waals surface area contributed by atoms with Gasteiger partial charge in [-0.1, -0.05) is 12.1 Å². The number of aliphatic hydroxyl groups is 1. The first kappa shape index (κ1) is 24.3. The summed E-state index contributed by atoms with van der Waals surface area (Å²) in [6.45, 7) is 1.42. The Hall–Kier alpha value is -1.85. The van der Waals surface area contributed by atoms with E-state index in [0.717, 1.165) is 37.7 Å². The van der Waals surface area contributed by atoms with Gasteiger partial charge in [-0.25, -0.2) is 4.98 Å². The number of hydrogen-bond acceptors (Lipinski definition) is 7. The zero-order valence-corrected chi connectivity index (χ0v) is 19.9. The van der Waals surface area contributed by atoms with Crippen molar-refractivity contribution in [3.8, 4) is 0 Å². The standard InChI is InChI=1S/C22H27F3N4O2S2/c1-33(31)18-13-26-20(27-19(18)28-21(14-30)9-2-10-21)29-11-7-16(8-12-29)15-3-5-17(6-4-15)32-22(23,24)25/h3-6,13,16,30H,2,7-12,14H2,1H3,(H,26,27,28)/t33-/m1/s1. The smallest absolute Gasteiger partial charge is 0.394 e. The van der Waals surface area contributed by atoms with Gasteiger partial charge in [0.2, 0.25) is 5.95 Å². The average molecular weight is 501 g/mol. The van der Waals surface area contributed by atoms with Crippen molar-refractivity contribution in [2.45, 2.75) is 58.9 Å². The number of benzene rings is 1. The third kappa shape index (κ3) is 5.81. The van der Waals surface area contributed by atoms with Crippen molar-refractivity contribution in [1.29, 1.82) is 0 Å². The van der Waals surface area contributed by atoms with Crippen molar-refractivity contribution in [2.75, 3.05) is 36.2 Å². The van der Waals surface area contributed by atoms with Gasteiger partial charge in [-0.3, -0.25) is 4.21 Å². The van der Waals surface area contributed by atoms with Gasteiger partial charge in [0.05, 0.1) is 34.0 Å². The summed E-state index contributed by atoms with van der Waals surface area (Å²) in [7, 11) is -1.27. The molecule has 1 aromatic carbocycles. The van der Waals surface area contributed by atoms with Crippen LogP contribution in [0.1, 0.15) is 43.6 Å². The molecular formula is C22H27F3N4O2S2. The topological polar surface area (TPSA) is 78.4 Å². The largest absolute Gasteiger partial charge is 0.446 e. The second-order valence-electron chi connectivity index (χ2n) is 8.63. The number of rotatable bonds is 7. The number of anilines is 2. The first-order chi connectivity index (χ1) is 15.7. The molecule has 33 heavy (non-hydrogen) atoms. The number of alkyl halides is 3. The minimum atomic E-state index is -4.28. The predicted octanol–water partition coefficient (Wildman–Crippen LogP) is 4.54. The number of aromatic nitrogens is 2. The third-order valence-electron chi connectivity index (χ3n) is 6.41. The molecule has 1 aromatic heterocycles. The third-order valence-corrected chi connectivity index (χ3v) is 8.07. The first-order valence-corrected chi connectivity index (χ1v) is 13.3. The Balaban J connectivity index is 1.43. The Bertz CT molecular complexity index is 987. The highest BCUT2D eigenvalue weighted by atomic mass is 32.2. The zero-order chi connectivity index (χ0) is 23.6. The molecule has 1 aliphatic heterocycles. The highest BCUT2D eigenvalue weighted by Crippen LogP contribution is 2.39. The summed E-state index contributed by atoms with van der Waals surface area (Å²) in [6.07, 6.45) is 7.54. The van der Waals surface area contributed by atoms with Crippen molar-refractivity contribution in [3.63, 3.8) is 0 Å². The molecule has 4 rings (SSSR count). The molecule has 1 saturated heterocycles. The van der Waals surface area contributed by atoms with E-state index in [-0.39, 0.29) is 29.2 Å². The molecule has 1 saturated carbocycles. The van der Waals surface area contributed by atoms with Crippen molar-refractivity contribution in [3.05, 3.63) is 36.0 Å². The average Bonchev–Trinajstić information content (AvgIpc) is 2.75. The van der Waals surface area contributed by atoms with Crippen LogP contribution in [0.25, 0.3) is 0 Å². The molecule has 0 amide bonds. The van der Waals surface area contributed by atoms with E-state index in [1.54, 1.807) is 24.6 Å². The van der Waals surface area contributed by atoms with Crippen LogP contribution in [0.3, 0.4) is 0 Å². The van der Waals surface area contributed by atoms with Gasteiger partial charge >= 0.3 is 5.51 Å². The lowest BCUT2D eigenvalue weighted by Gasteiger charge is -2.41. The van der Waals surface area contributed by atoms with E-state index < -0.39 is 21.8 Å². The van der Waals surface area contributed by atoms with Crippen LogP contribution in [-0.4, -0.2) is 56.3 Å². The van der Waals surface area contributed by atoms with E-state index in [1.165, 1.54) is 12.1 Å². The number of aliphatic hydroxyl groups excluding tert-OH is 1. The molecule has 2 aromatic rings. The molecule has 1 atom stereocenters. The minimum absolute atomic E-state index is 0.00616. The summed E-state index contributed by atoms with van der Waals surface area (Å²) >= 11 is -0.0988. The van der Waals surface area contributed by atoms with Crippen molar-refractivity contribution < 1.29 is 22.5 Å². The number of nitrogens with zero attached hydrogens (tertiary/aromatic N) is 3. The molecule has 0 unspecified atom stereocenters. The SMILES string of the molecule is C[S@@](=O)c1cnc(N2CCC(c3ccc(SC(F)(F)F)cc3)CC2)nc1NC1(CO)CCC1. The molecule has 11 heteroatoms. The molecule has 0 radical (unpaired) electrons. The van der Waals surface area contributed by atoms with Gasteiger partial charge in [0.15, 0.2) is 0 Å². The van der Waals surface area contributed by atoms with Crippen LogP contribution in [0, 0.1) is 0 Å². The van der Waals surface area contributed by atoms with Gasteiger partial charge in [-0.15, -0.1) is 0 Å². The van der Waals surface area contributed by atoms with E-state index in [1.807, 2.05) is 0 Å². The van der Waals surface area contributed by atoms with Crippen LogP contribution in [0.2, 0.25) is 0 Å². The second kappa shape index (κ2) is 9.79.